The van der Waals surface area contributed by atoms with Crippen molar-refractivity contribution in [1.82, 2.24) is 0 Å². The van der Waals surface area contributed by atoms with Crippen LogP contribution in [0.1, 0.15) is 13.8 Å². The third-order valence-corrected chi connectivity index (χ3v) is 3.34. The van der Waals surface area contributed by atoms with Crippen LogP contribution >= 0.6 is 0 Å². The molecule has 2 aromatic carbocycles. The fraction of sp³-hybridized carbons (Fsp3) is 0.250. The van der Waals surface area contributed by atoms with Gasteiger partial charge in [-0.15, -0.1) is 0 Å². The number of hydrogen-bond acceptors (Lipinski definition) is 2. The number of halogens is 5. The Kier molecular flexibility index (Phi) is 5.08. The van der Waals surface area contributed by atoms with Crippen molar-refractivity contribution in [2.45, 2.75) is 13.8 Å². The van der Waals surface area contributed by atoms with Crippen molar-refractivity contribution < 1.29 is 26.7 Å². The molecule has 2 aromatic rings. The molecule has 0 unspecified atom stereocenters. The van der Waals surface area contributed by atoms with Crippen molar-refractivity contribution in [1.29, 1.82) is 0 Å². The summed E-state index contributed by atoms with van der Waals surface area (Å²) < 4.78 is 71.5. The lowest BCUT2D eigenvalue weighted by molar-refractivity contribution is 0.332. The lowest BCUT2D eigenvalue weighted by atomic mass is 10.2. The van der Waals surface area contributed by atoms with E-state index in [9.17, 15) is 22.0 Å². The van der Waals surface area contributed by atoms with Crippen molar-refractivity contribution in [3.63, 3.8) is 0 Å². The molecule has 0 aliphatic heterocycles. The van der Waals surface area contributed by atoms with E-state index in [1.54, 1.807) is 12.1 Å². The van der Waals surface area contributed by atoms with Crippen LogP contribution in [0.3, 0.4) is 0 Å². The fourth-order valence-electron chi connectivity index (χ4n) is 2.12. The highest BCUT2D eigenvalue weighted by atomic mass is 19.2. The van der Waals surface area contributed by atoms with E-state index in [1.807, 2.05) is 18.7 Å². The van der Waals surface area contributed by atoms with Crippen LogP contribution in [0.2, 0.25) is 0 Å². The van der Waals surface area contributed by atoms with Crippen molar-refractivity contribution >= 4 is 5.69 Å². The predicted octanol–water partition coefficient (Wildman–Crippen LogP) is 5.02. The maximum absolute atomic E-state index is 13.6. The Morgan fingerprint density at radius 1 is 0.826 bits per heavy atom. The van der Waals surface area contributed by atoms with E-state index in [-0.39, 0.29) is 5.75 Å². The average Bonchev–Trinajstić information content (AvgIpc) is 2.57. The fourth-order valence-corrected chi connectivity index (χ4v) is 2.12. The number of nitrogens with zero attached hydrogens (tertiary/aromatic N) is 1. The van der Waals surface area contributed by atoms with Gasteiger partial charge in [0.05, 0.1) is 0 Å². The van der Waals surface area contributed by atoms with Gasteiger partial charge in [0.15, 0.2) is 0 Å². The molecule has 124 valence electrons. The molecule has 0 bridgehead atoms. The van der Waals surface area contributed by atoms with E-state index in [0.29, 0.717) is 18.8 Å². The zero-order valence-electron chi connectivity index (χ0n) is 12.5. The Bertz CT molecular complexity index is 687. The van der Waals surface area contributed by atoms with Gasteiger partial charge in [-0.25, -0.2) is 13.2 Å². The number of benzene rings is 2. The Morgan fingerprint density at radius 2 is 1.35 bits per heavy atom. The largest absolute Gasteiger partial charge is 0.451 e. The molecule has 0 spiro atoms. The molecule has 0 aliphatic rings. The molecule has 0 saturated carbocycles. The molecule has 0 aliphatic carbocycles. The van der Waals surface area contributed by atoms with Gasteiger partial charge in [0.2, 0.25) is 34.8 Å². The average molecular weight is 331 g/mol. The topological polar surface area (TPSA) is 12.5 Å². The lowest BCUT2D eigenvalue weighted by Crippen LogP contribution is -2.21. The first kappa shape index (κ1) is 17.1. The van der Waals surface area contributed by atoms with Crippen LogP contribution in [0.15, 0.2) is 24.3 Å². The van der Waals surface area contributed by atoms with Crippen LogP contribution in [-0.2, 0) is 0 Å². The Morgan fingerprint density at radius 3 is 1.87 bits per heavy atom. The molecule has 0 saturated heterocycles. The number of ether oxygens (including phenoxy) is 1. The number of rotatable bonds is 5. The zero-order chi connectivity index (χ0) is 17.1. The van der Waals surface area contributed by atoms with Crippen LogP contribution < -0.4 is 9.64 Å². The van der Waals surface area contributed by atoms with Crippen LogP contribution in [0.25, 0.3) is 0 Å². The van der Waals surface area contributed by atoms with Gasteiger partial charge in [-0.1, -0.05) is 6.07 Å². The van der Waals surface area contributed by atoms with E-state index < -0.39 is 34.8 Å². The molecule has 0 aromatic heterocycles. The second-order valence-corrected chi connectivity index (χ2v) is 4.67. The highest BCUT2D eigenvalue weighted by Crippen LogP contribution is 2.33. The van der Waals surface area contributed by atoms with Crippen molar-refractivity contribution in [2.24, 2.45) is 0 Å². The summed E-state index contributed by atoms with van der Waals surface area (Å²) in [5, 5.41) is 0. The van der Waals surface area contributed by atoms with Crippen LogP contribution in [-0.4, -0.2) is 13.1 Å². The van der Waals surface area contributed by atoms with Crippen molar-refractivity contribution in [2.75, 3.05) is 18.0 Å². The molecule has 0 atom stereocenters. The van der Waals surface area contributed by atoms with Gasteiger partial charge in [-0.2, -0.15) is 8.78 Å². The van der Waals surface area contributed by atoms with Gasteiger partial charge in [0.25, 0.3) is 0 Å². The third kappa shape index (κ3) is 3.23. The van der Waals surface area contributed by atoms with E-state index >= 15 is 0 Å². The van der Waals surface area contributed by atoms with Gasteiger partial charge < -0.3 is 9.64 Å². The molecule has 0 heterocycles. The molecular formula is C16H14F5NO. The number of hydrogen-bond donors (Lipinski definition) is 0. The molecule has 0 amide bonds. The second kappa shape index (κ2) is 6.85. The molecule has 23 heavy (non-hydrogen) atoms. The summed E-state index contributed by atoms with van der Waals surface area (Å²) >= 11 is 0. The Labute approximate surface area is 130 Å². The first-order chi connectivity index (χ1) is 10.9. The molecular weight excluding hydrogens is 317 g/mol. The van der Waals surface area contributed by atoms with Gasteiger partial charge in [-0.3, -0.25) is 0 Å². The molecule has 0 fully saturated rings. The minimum Gasteiger partial charge on any atom is -0.451 e. The molecule has 2 nitrogen and oxygen atoms in total. The van der Waals surface area contributed by atoms with Crippen LogP contribution in [0, 0.1) is 29.1 Å². The second-order valence-electron chi connectivity index (χ2n) is 4.67. The van der Waals surface area contributed by atoms with Gasteiger partial charge in [0.1, 0.15) is 5.75 Å². The summed E-state index contributed by atoms with van der Waals surface area (Å²) in [5.74, 6) is -11.7. The van der Waals surface area contributed by atoms with E-state index in [2.05, 4.69) is 0 Å². The zero-order valence-corrected chi connectivity index (χ0v) is 12.5. The standard InChI is InChI=1S/C16H14F5NO/c1-3-22(4-2)9-6-5-7-10(8-9)23-16-14(20)12(18)11(17)13(19)15(16)21/h5-8H,3-4H2,1-2H3. The highest BCUT2D eigenvalue weighted by Gasteiger charge is 2.27. The first-order valence-corrected chi connectivity index (χ1v) is 6.94. The summed E-state index contributed by atoms with van der Waals surface area (Å²) in [5.41, 5.74) is 0.705. The third-order valence-electron chi connectivity index (χ3n) is 3.34. The summed E-state index contributed by atoms with van der Waals surface area (Å²) in [7, 11) is 0. The normalized spacial score (nSPS) is 10.7. The SMILES string of the molecule is CCN(CC)c1cccc(Oc2c(F)c(F)c(F)c(F)c2F)c1. The maximum atomic E-state index is 13.6. The van der Waals surface area contributed by atoms with E-state index in [0.717, 1.165) is 0 Å². The predicted molar refractivity (Wildman–Crippen MR) is 76.3 cm³/mol. The molecule has 7 heteroatoms. The minimum atomic E-state index is -2.22. The monoisotopic (exact) mass is 331 g/mol. The smallest absolute Gasteiger partial charge is 0.207 e. The first-order valence-electron chi connectivity index (χ1n) is 6.94. The van der Waals surface area contributed by atoms with Gasteiger partial charge in [0, 0.05) is 24.8 Å². The van der Waals surface area contributed by atoms with Gasteiger partial charge >= 0.3 is 0 Å². The molecule has 0 N–H and O–H groups in total. The summed E-state index contributed by atoms with van der Waals surface area (Å²) in [6, 6.07) is 6.14. The van der Waals surface area contributed by atoms with Crippen LogP contribution in [0.4, 0.5) is 27.6 Å². The minimum absolute atomic E-state index is 0.0300. The Balaban J connectivity index is 2.43. The Hall–Kier alpha value is -2.31. The summed E-state index contributed by atoms with van der Waals surface area (Å²) in [6.07, 6.45) is 0. The number of anilines is 1. The summed E-state index contributed by atoms with van der Waals surface area (Å²) in [6.45, 7) is 5.20. The quantitative estimate of drug-likeness (QED) is 0.433. The highest BCUT2D eigenvalue weighted by molar-refractivity contribution is 5.51. The summed E-state index contributed by atoms with van der Waals surface area (Å²) in [4.78, 5) is 1.94. The molecule has 0 radical (unpaired) electrons. The van der Waals surface area contributed by atoms with Crippen molar-refractivity contribution in [3.05, 3.63) is 53.4 Å². The van der Waals surface area contributed by atoms with Gasteiger partial charge in [-0.05, 0) is 26.0 Å². The lowest BCUT2D eigenvalue weighted by Gasteiger charge is -2.21. The maximum Gasteiger partial charge on any atom is 0.207 e. The van der Waals surface area contributed by atoms with E-state index in [4.69, 9.17) is 4.74 Å². The van der Waals surface area contributed by atoms with Crippen molar-refractivity contribution in [3.8, 4) is 11.5 Å². The van der Waals surface area contributed by atoms with Crippen LogP contribution in [0.5, 0.6) is 11.5 Å². The van der Waals surface area contributed by atoms with E-state index in [1.165, 1.54) is 12.1 Å². The molecule has 2 rings (SSSR count).